The van der Waals surface area contributed by atoms with Crippen LogP contribution in [-0.2, 0) is 4.74 Å². The summed E-state index contributed by atoms with van der Waals surface area (Å²) in [6.45, 7) is 9.58. The maximum Gasteiger partial charge on any atom is 0.192 e. The zero-order chi connectivity index (χ0) is 12.6. The van der Waals surface area contributed by atoms with Crippen molar-refractivity contribution in [3.63, 3.8) is 0 Å². The van der Waals surface area contributed by atoms with E-state index in [1.54, 1.807) is 0 Å². The van der Waals surface area contributed by atoms with Crippen molar-refractivity contribution in [2.45, 2.75) is 70.7 Å². The van der Waals surface area contributed by atoms with E-state index >= 15 is 0 Å². The summed E-state index contributed by atoms with van der Waals surface area (Å²) in [7, 11) is 0. The SMILES string of the molecule is CCC(C)N1C(N)=NCC12CC(C)OC(C)C2. The van der Waals surface area contributed by atoms with E-state index in [9.17, 15) is 0 Å². The monoisotopic (exact) mass is 239 g/mol. The van der Waals surface area contributed by atoms with Gasteiger partial charge in [0.2, 0.25) is 0 Å². The number of nitrogens with two attached hydrogens (primary N) is 1. The molecule has 3 unspecified atom stereocenters. The van der Waals surface area contributed by atoms with Crippen molar-refractivity contribution in [1.29, 1.82) is 0 Å². The molecular formula is C13H25N3O. The molecule has 4 nitrogen and oxygen atoms in total. The Hall–Kier alpha value is -0.770. The van der Waals surface area contributed by atoms with Gasteiger partial charge in [-0.1, -0.05) is 6.92 Å². The van der Waals surface area contributed by atoms with Crippen molar-refractivity contribution >= 4 is 5.96 Å². The Morgan fingerprint density at radius 3 is 2.59 bits per heavy atom. The first-order chi connectivity index (χ1) is 7.98. The lowest BCUT2D eigenvalue weighted by atomic mass is 9.82. The second-order valence-electron chi connectivity index (χ2n) is 5.69. The topological polar surface area (TPSA) is 50.8 Å². The third kappa shape index (κ3) is 2.15. The van der Waals surface area contributed by atoms with Crippen molar-refractivity contribution < 1.29 is 4.74 Å². The normalized spacial score (nSPS) is 39.5. The molecule has 2 rings (SSSR count). The molecule has 1 saturated heterocycles. The number of nitrogens with zero attached hydrogens (tertiary/aromatic N) is 2. The van der Waals surface area contributed by atoms with E-state index in [4.69, 9.17) is 10.5 Å². The van der Waals surface area contributed by atoms with Gasteiger partial charge in [-0.25, -0.2) is 0 Å². The maximum absolute atomic E-state index is 6.09. The Bertz CT molecular complexity index is 306. The predicted molar refractivity (Wildman–Crippen MR) is 70.1 cm³/mol. The lowest BCUT2D eigenvalue weighted by Crippen LogP contribution is -2.60. The minimum atomic E-state index is 0.108. The fourth-order valence-electron chi connectivity index (χ4n) is 3.47. The molecule has 0 amide bonds. The molecule has 0 saturated carbocycles. The molecule has 0 aliphatic carbocycles. The minimum absolute atomic E-state index is 0.108. The zero-order valence-electron chi connectivity index (χ0n) is 11.4. The van der Waals surface area contributed by atoms with Crippen LogP contribution in [0.5, 0.6) is 0 Å². The standard InChI is InChI=1S/C13H25N3O/c1-5-9(2)16-12(14)15-8-13(16)6-10(3)17-11(4)7-13/h9-11H,5-8H2,1-4H3,(H2,14,15). The van der Waals surface area contributed by atoms with Crippen LogP contribution >= 0.6 is 0 Å². The molecule has 0 radical (unpaired) electrons. The van der Waals surface area contributed by atoms with Crippen LogP contribution in [0.3, 0.4) is 0 Å². The van der Waals surface area contributed by atoms with Crippen LogP contribution in [0.15, 0.2) is 4.99 Å². The largest absolute Gasteiger partial charge is 0.375 e. The molecule has 2 heterocycles. The van der Waals surface area contributed by atoms with Gasteiger partial charge in [0.15, 0.2) is 5.96 Å². The van der Waals surface area contributed by atoms with Gasteiger partial charge in [-0.2, -0.15) is 0 Å². The third-order valence-electron chi connectivity index (χ3n) is 4.12. The average Bonchev–Trinajstić information content (AvgIpc) is 2.53. The van der Waals surface area contributed by atoms with Crippen molar-refractivity contribution in [2.75, 3.05) is 6.54 Å². The number of hydrogen-bond donors (Lipinski definition) is 1. The molecule has 2 aliphatic rings. The Morgan fingerprint density at radius 1 is 1.47 bits per heavy atom. The minimum Gasteiger partial charge on any atom is -0.375 e. The molecule has 1 fully saturated rings. The number of aliphatic imine (C=N–C) groups is 1. The first kappa shape index (κ1) is 12.7. The van der Waals surface area contributed by atoms with Gasteiger partial charge < -0.3 is 15.4 Å². The van der Waals surface area contributed by atoms with Crippen molar-refractivity contribution in [2.24, 2.45) is 10.7 Å². The second-order valence-corrected chi connectivity index (χ2v) is 5.69. The number of guanidine groups is 1. The van der Waals surface area contributed by atoms with E-state index in [1.165, 1.54) is 0 Å². The highest BCUT2D eigenvalue weighted by Gasteiger charge is 2.48. The molecule has 3 atom stereocenters. The van der Waals surface area contributed by atoms with E-state index in [1.807, 2.05) is 0 Å². The summed E-state index contributed by atoms with van der Waals surface area (Å²) < 4.78 is 5.85. The van der Waals surface area contributed by atoms with E-state index < -0.39 is 0 Å². The van der Waals surface area contributed by atoms with E-state index in [0.29, 0.717) is 18.2 Å². The summed E-state index contributed by atoms with van der Waals surface area (Å²) in [6, 6.07) is 0.457. The molecule has 1 spiro atoms. The zero-order valence-corrected chi connectivity index (χ0v) is 11.4. The van der Waals surface area contributed by atoms with Gasteiger partial charge in [-0.05, 0) is 40.0 Å². The van der Waals surface area contributed by atoms with Gasteiger partial charge in [0, 0.05) is 6.04 Å². The van der Waals surface area contributed by atoms with Gasteiger partial charge in [-0.15, -0.1) is 0 Å². The number of ether oxygens (including phenoxy) is 1. The Labute approximate surface area is 104 Å². The fourth-order valence-corrected chi connectivity index (χ4v) is 3.47. The summed E-state index contributed by atoms with van der Waals surface area (Å²) in [4.78, 5) is 6.85. The van der Waals surface area contributed by atoms with Crippen LogP contribution in [0.4, 0.5) is 0 Å². The van der Waals surface area contributed by atoms with Crippen LogP contribution < -0.4 is 5.73 Å². The Morgan fingerprint density at radius 2 is 2.06 bits per heavy atom. The van der Waals surface area contributed by atoms with Crippen LogP contribution in [0.25, 0.3) is 0 Å². The van der Waals surface area contributed by atoms with Gasteiger partial charge in [0.25, 0.3) is 0 Å². The molecule has 17 heavy (non-hydrogen) atoms. The van der Waals surface area contributed by atoms with Crippen molar-refractivity contribution in [1.82, 2.24) is 4.90 Å². The number of hydrogen-bond acceptors (Lipinski definition) is 4. The molecule has 2 aliphatic heterocycles. The Balaban J connectivity index is 2.24. The Kier molecular flexibility index (Phi) is 3.34. The predicted octanol–water partition coefficient (Wildman–Crippen LogP) is 1.74. The lowest BCUT2D eigenvalue weighted by molar-refractivity contribution is -0.0894. The highest BCUT2D eigenvalue weighted by molar-refractivity contribution is 5.81. The summed E-state index contributed by atoms with van der Waals surface area (Å²) in [5, 5.41) is 0. The summed E-state index contributed by atoms with van der Waals surface area (Å²) in [6.07, 6.45) is 3.76. The summed E-state index contributed by atoms with van der Waals surface area (Å²) in [5.41, 5.74) is 6.19. The maximum atomic E-state index is 6.09. The molecule has 4 heteroatoms. The van der Waals surface area contributed by atoms with Crippen LogP contribution in [0.1, 0.15) is 47.0 Å². The van der Waals surface area contributed by atoms with Gasteiger partial charge in [0.05, 0.1) is 24.3 Å². The highest BCUT2D eigenvalue weighted by Crippen LogP contribution is 2.38. The molecular weight excluding hydrogens is 214 g/mol. The molecule has 2 N–H and O–H groups in total. The molecule has 98 valence electrons. The summed E-state index contributed by atoms with van der Waals surface area (Å²) >= 11 is 0. The van der Waals surface area contributed by atoms with Gasteiger partial charge in [0.1, 0.15) is 0 Å². The average molecular weight is 239 g/mol. The third-order valence-corrected chi connectivity index (χ3v) is 4.12. The highest BCUT2D eigenvalue weighted by atomic mass is 16.5. The van der Waals surface area contributed by atoms with Gasteiger partial charge in [-0.3, -0.25) is 4.99 Å². The van der Waals surface area contributed by atoms with E-state index in [0.717, 1.165) is 31.8 Å². The van der Waals surface area contributed by atoms with E-state index in [2.05, 4.69) is 37.6 Å². The molecule has 0 aromatic heterocycles. The van der Waals surface area contributed by atoms with E-state index in [-0.39, 0.29) is 5.54 Å². The van der Waals surface area contributed by atoms with Crippen molar-refractivity contribution in [3.8, 4) is 0 Å². The van der Waals surface area contributed by atoms with Crippen LogP contribution in [0.2, 0.25) is 0 Å². The first-order valence-electron chi connectivity index (χ1n) is 6.73. The fraction of sp³-hybridized carbons (Fsp3) is 0.923. The van der Waals surface area contributed by atoms with Crippen LogP contribution in [-0.4, -0.2) is 41.2 Å². The van der Waals surface area contributed by atoms with Gasteiger partial charge >= 0.3 is 0 Å². The first-order valence-corrected chi connectivity index (χ1v) is 6.73. The summed E-state index contributed by atoms with van der Waals surface area (Å²) in [5.74, 6) is 0.723. The molecule has 0 aromatic rings. The van der Waals surface area contributed by atoms with Crippen molar-refractivity contribution in [3.05, 3.63) is 0 Å². The molecule has 0 aromatic carbocycles. The smallest absolute Gasteiger partial charge is 0.192 e. The van der Waals surface area contributed by atoms with Crippen LogP contribution in [0, 0.1) is 0 Å². The molecule has 0 bridgehead atoms. The lowest BCUT2D eigenvalue weighted by Gasteiger charge is -2.48. The quantitative estimate of drug-likeness (QED) is 0.798. The number of rotatable bonds is 2. The second kappa shape index (κ2) is 4.48.